The molecule has 6 rings (SSSR count). The second-order valence-corrected chi connectivity index (χ2v) is 8.43. The molecule has 0 amide bonds. The summed E-state index contributed by atoms with van der Waals surface area (Å²) >= 11 is 0. The van der Waals surface area contributed by atoms with Crippen molar-refractivity contribution in [3.63, 3.8) is 0 Å². The van der Waals surface area contributed by atoms with Gasteiger partial charge in [0.1, 0.15) is 0 Å². The fourth-order valence-electron chi connectivity index (χ4n) is 5.12. The van der Waals surface area contributed by atoms with Crippen LogP contribution in [0.2, 0.25) is 0 Å². The highest BCUT2D eigenvalue weighted by atomic mass is 14.2. The number of fused-ring (bicyclic) bond motifs is 3. The van der Waals surface area contributed by atoms with Crippen molar-refractivity contribution in [3.05, 3.63) is 121 Å². The van der Waals surface area contributed by atoms with E-state index in [0.717, 1.165) is 6.42 Å². The summed E-state index contributed by atoms with van der Waals surface area (Å²) < 4.78 is 0. The van der Waals surface area contributed by atoms with Crippen LogP contribution in [0.3, 0.4) is 0 Å². The first kappa shape index (κ1) is 18.8. The molecule has 0 heteroatoms. The van der Waals surface area contributed by atoms with Crippen molar-refractivity contribution in [1.29, 1.82) is 0 Å². The summed E-state index contributed by atoms with van der Waals surface area (Å²) in [6, 6.07) is 42.1. The second kappa shape index (κ2) is 7.66. The van der Waals surface area contributed by atoms with Gasteiger partial charge in [-0.25, -0.2) is 0 Å². The summed E-state index contributed by atoms with van der Waals surface area (Å²) in [5.41, 5.74) is 6.65. The fourth-order valence-corrected chi connectivity index (χ4v) is 5.12. The van der Waals surface area contributed by atoms with Crippen LogP contribution < -0.4 is 0 Å². The quantitative estimate of drug-likeness (QED) is 0.274. The molecule has 0 saturated carbocycles. The number of benzene rings is 6. The van der Waals surface area contributed by atoms with Gasteiger partial charge in [0.25, 0.3) is 0 Å². The van der Waals surface area contributed by atoms with Crippen LogP contribution in [0.1, 0.15) is 12.5 Å². The molecule has 0 aliphatic carbocycles. The third-order valence-corrected chi connectivity index (χ3v) is 6.67. The normalized spacial score (nSPS) is 11.4. The van der Waals surface area contributed by atoms with Crippen LogP contribution in [0.5, 0.6) is 0 Å². The van der Waals surface area contributed by atoms with E-state index in [9.17, 15) is 0 Å². The maximum atomic E-state index is 2.39. The molecule has 0 aliphatic heterocycles. The molecule has 0 fully saturated rings. The Hall–Kier alpha value is -3.90. The predicted molar refractivity (Wildman–Crippen MR) is 139 cm³/mol. The van der Waals surface area contributed by atoms with Crippen LogP contribution >= 0.6 is 0 Å². The third-order valence-electron chi connectivity index (χ3n) is 6.67. The summed E-state index contributed by atoms with van der Waals surface area (Å²) in [5.74, 6) is 0. The maximum absolute atomic E-state index is 2.39. The van der Waals surface area contributed by atoms with Crippen LogP contribution in [0.25, 0.3) is 54.6 Å². The zero-order chi connectivity index (χ0) is 21.5. The van der Waals surface area contributed by atoms with Gasteiger partial charge in [0.15, 0.2) is 0 Å². The van der Waals surface area contributed by atoms with Crippen molar-refractivity contribution in [2.45, 2.75) is 13.3 Å². The molecular weight excluding hydrogens is 384 g/mol. The Labute approximate surface area is 188 Å². The monoisotopic (exact) mass is 408 g/mol. The van der Waals surface area contributed by atoms with E-state index in [1.807, 2.05) is 0 Å². The van der Waals surface area contributed by atoms with Crippen molar-refractivity contribution in [2.75, 3.05) is 0 Å². The topological polar surface area (TPSA) is 0 Å². The Bertz CT molecular complexity index is 1590. The molecule has 32 heavy (non-hydrogen) atoms. The minimum absolute atomic E-state index is 0.995. The zero-order valence-electron chi connectivity index (χ0n) is 18.2. The first-order valence-corrected chi connectivity index (χ1v) is 11.4. The molecule has 6 aromatic rings. The first-order valence-electron chi connectivity index (χ1n) is 11.4. The Morgan fingerprint density at radius 1 is 0.438 bits per heavy atom. The van der Waals surface area contributed by atoms with E-state index in [-0.39, 0.29) is 0 Å². The van der Waals surface area contributed by atoms with E-state index in [1.54, 1.807) is 0 Å². The first-order chi connectivity index (χ1) is 15.8. The SMILES string of the molecule is CCc1c(-c2cccc3ccccc23)ccc2ccc(-c3cccc4ccccc34)cc12. The molecular formula is C32H24. The van der Waals surface area contributed by atoms with Gasteiger partial charge in [0.2, 0.25) is 0 Å². The number of hydrogen-bond donors (Lipinski definition) is 0. The number of aryl methyl sites for hydroxylation is 1. The fraction of sp³-hybridized carbons (Fsp3) is 0.0625. The van der Waals surface area contributed by atoms with E-state index in [4.69, 9.17) is 0 Å². The van der Waals surface area contributed by atoms with Crippen molar-refractivity contribution in [2.24, 2.45) is 0 Å². The van der Waals surface area contributed by atoms with Gasteiger partial charge in [-0.1, -0.05) is 116 Å². The van der Waals surface area contributed by atoms with E-state index in [1.165, 1.54) is 60.1 Å². The van der Waals surface area contributed by atoms with Crippen LogP contribution in [-0.2, 0) is 6.42 Å². The molecule has 0 heterocycles. The van der Waals surface area contributed by atoms with Gasteiger partial charge in [0.05, 0.1) is 0 Å². The summed E-state index contributed by atoms with van der Waals surface area (Å²) in [6.45, 7) is 2.27. The molecule has 152 valence electrons. The van der Waals surface area contributed by atoms with Gasteiger partial charge in [0, 0.05) is 0 Å². The van der Waals surface area contributed by atoms with Crippen molar-refractivity contribution in [3.8, 4) is 22.3 Å². The maximum Gasteiger partial charge on any atom is -0.0102 e. The molecule has 6 aromatic carbocycles. The van der Waals surface area contributed by atoms with E-state index >= 15 is 0 Å². The lowest BCUT2D eigenvalue weighted by Crippen LogP contribution is -1.92. The van der Waals surface area contributed by atoms with Gasteiger partial charge in [-0.2, -0.15) is 0 Å². The predicted octanol–water partition coefficient (Wildman–Crippen LogP) is 9.04. The summed E-state index contributed by atoms with van der Waals surface area (Å²) in [7, 11) is 0. The van der Waals surface area contributed by atoms with Crippen LogP contribution in [0.15, 0.2) is 115 Å². The largest absolute Gasteiger partial charge is 0.0616 e. The lowest BCUT2D eigenvalue weighted by molar-refractivity contribution is 1.16. The van der Waals surface area contributed by atoms with Crippen LogP contribution in [-0.4, -0.2) is 0 Å². The lowest BCUT2D eigenvalue weighted by Gasteiger charge is -2.16. The molecule has 0 spiro atoms. The van der Waals surface area contributed by atoms with Crippen LogP contribution in [0.4, 0.5) is 0 Å². The lowest BCUT2D eigenvalue weighted by atomic mass is 9.88. The Morgan fingerprint density at radius 3 is 1.72 bits per heavy atom. The second-order valence-electron chi connectivity index (χ2n) is 8.43. The van der Waals surface area contributed by atoms with Crippen molar-refractivity contribution in [1.82, 2.24) is 0 Å². The van der Waals surface area contributed by atoms with Crippen LogP contribution in [0, 0.1) is 0 Å². The van der Waals surface area contributed by atoms with E-state index < -0.39 is 0 Å². The summed E-state index contributed by atoms with van der Waals surface area (Å²) in [6.07, 6.45) is 0.995. The third kappa shape index (κ3) is 2.99. The summed E-state index contributed by atoms with van der Waals surface area (Å²) in [4.78, 5) is 0. The Balaban J connectivity index is 1.62. The standard InChI is InChI=1S/C32H24/c1-2-26-31(30-16-8-12-23-10-4-6-14-28(23)30)20-19-24-17-18-25(21-32(24)26)29-15-7-11-22-9-3-5-13-27(22)29/h3-21H,2H2,1H3. The Morgan fingerprint density at radius 2 is 1.00 bits per heavy atom. The molecule has 0 aliphatic rings. The molecule has 0 nitrogen and oxygen atoms in total. The molecule has 0 saturated heterocycles. The minimum Gasteiger partial charge on any atom is -0.0616 e. The highest BCUT2D eigenvalue weighted by Crippen LogP contribution is 2.37. The molecule has 0 N–H and O–H groups in total. The Kier molecular flexibility index (Phi) is 4.51. The van der Waals surface area contributed by atoms with Gasteiger partial charge < -0.3 is 0 Å². The molecule has 0 aromatic heterocycles. The van der Waals surface area contributed by atoms with Crippen molar-refractivity contribution >= 4 is 32.3 Å². The highest BCUT2D eigenvalue weighted by molar-refractivity contribution is 6.03. The summed E-state index contributed by atoms with van der Waals surface area (Å²) in [5, 5.41) is 7.84. The molecule has 0 bridgehead atoms. The van der Waals surface area contributed by atoms with Gasteiger partial charge in [-0.15, -0.1) is 0 Å². The van der Waals surface area contributed by atoms with Gasteiger partial charge in [-0.05, 0) is 72.6 Å². The van der Waals surface area contributed by atoms with Gasteiger partial charge in [-0.3, -0.25) is 0 Å². The van der Waals surface area contributed by atoms with E-state index in [2.05, 4.69) is 122 Å². The average molecular weight is 409 g/mol. The van der Waals surface area contributed by atoms with E-state index in [0.29, 0.717) is 0 Å². The number of rotatable bonds is 3. The highest BCUT2D eigenvalue weighted by Gasteiger charge is 2.12. The molecule has 0 radical (unpaired) electrons. The van der Waals surface area contributed by atoms with Crippen molar-refractivity contribution < 1.29 is 0 Å². The zero-order valence-corrected chi connectivity index (χ0v) is 18.2. The molecule has 0 unspecified atom stereocenters. The smallest absolute Gasteiger partial charge is 0.0102 e. The number of hydrogen-bond acceptors (Lipinski definition) is 0. The average Bonchev–Trinajstić information content (AvgIpc) is 2.87. The molecule has 0 atom stereocenters. The minimum atomic E-state index is 0.995. The van der Waals surface area contributed by atoms with Gasteiger partial charge >= 0.3 is 0 Å².